The largest absolute Gasteiger partial charge is 0.488 e. The van der Waals surface area contributed by atoms with E-state index in [1.165, 1.54) is 0 Å². The third-order valence-electron chi connectivity index (χ3n) is 2.84. The van der Waals surface area contributed by atoms with Gasteiger partial charge in [0.25, 0.3) is 5.91 Å². The second-order valence-corrected chi connectivity index (χ2v) is 4.35. The van der Waals surface area contributed by atoms with Crippen LogP contribution in [0.25, 0.3) is 0 Å². The SMILES string of the molecule is NCC#Cc1ccc(COc2ccccc2C(N)=O)cc1. The molecule has 0 bridgehead atoms. The summed E-state index contributed by atoms with van der Waals surface area (Å²) in [6.45, 7) is 0.698. The van der Waals surface area contributed by atoms with Crippen LogP contribution in [0.15, 0.2) is 48.5 Å². The van der Waals surface area contributed by atoms with E-state index in [1.54, 1.807) is 24.3 Å². The normalized spacial score (nSPS) is 9.57. The maximum Gasteiger partial charge on any atom is 0.252 e. The highest BCUT2D eigenvalue weighted by molar-refractivity contribution is 5.95. The molecule has 106 valence electrons. The van der Waals surface area contributed by atoms with Gasteiger partial charge in [-0.3, -0.25) is 4.79 Å². The van der Waals surface area contributed by atoms with E-state index in [9.17, 15) is 4.79 Å². The Kier molecular flexibility index (Phi) is 4.97. The van der Waals surface area contributed by atoms with Crippen molar-refractivity contribution in [2.45, 2.75) is 6.61 Å². The molecular weight excluding hydrogens is 264 g/mol. The molecule has 0 atom stereocenters. The molecule has 0 radical (unpaired) electrons. The highest BCUT2D eigenvalue weighted by Gasteiger charge is 2.08. The first-order chi connectivity index (χ1) is 10.2. The monoisotopic (exact) mass is 280 g/mol. The molecule has 0 heterocycles. The predicted molar refractivity (Wildman–Crippen MR) is 81.7 cm³/mol. The van der Waals surface area contributed by atoms with Crippen molar-refractivity contribution in [1.82, 2.24) is 0 Å². The first-order valence-electron chi connectivity index (χ1n) is 6.50. The van der Waals surface area contributed by atoms with Gasteiger partial charge >= 0.3 is 0 Å². The zero-order valence-corrected chi connectivity index (χ0v) is 11.5. The van der Waals surface area contributed by atoms with Gasteiger partial charge in [-0.2, -0.15) is 0 Å². The van der Waals surface area contributed by atoms with Crippen molar-refractivity contribution in [1.29, 1.82) is 0 Å². The van der Waals surface area contributed by atoms with E-state index < -0.39 is 5.91 Å². The zero-order chi connectivity index (χ0) is 15.1. The summed E-state index contributed by atoms with van der Waals surface area (Å²) in [4.78, 5) is 11.3. The number of hydrogen-bond acceptors (Lipinski definition) is 3. The molecule has 4 N–H and O–H groups in total. The number of benzene rings is 2. The highest BCUT2D eigenvalue weighted by Crippen LogP contribution is 2.18. The van der Waals surface area contributed by atoms with Crippen LogP contribution >= 0.6 is 0 Å². The van der Waals surface area contributed by atoms with Crippen molar-refractivity contribution in [3.05, 3.63) is 65.2 Å². The van der Waals surface area contributed by atoms with Crippen LogP contribution in [0.4, 0.5) is 0 Å². The topological polar surface area (TPSA) is 78.3 Å². The molecule has 2 aromatic carbocycles. The van der Waals surface area contributed by atoms with Crippen LogP contribution in [0.3, 0.4) is 0 Å². The van der Waals surface area contributed by atoms with Gasteiger partial charge in [0, 0.05) is 5.56 Å². The highest BCUT2D eigenvalue weighted by atomic mass is 16.5. The molecule has 0 aliphatic heterocycles. The van der Waals surface area contributed by atoms with Gasteiger partial charge in [-0.15, -0.1) is 0 Å². The Morgan fingerprint density at radius 2 is 1.81 bits per heavy atom. The number of amides is 1. The van der Waals surface area contributed by atoms with E-state index in [1.807, 2.05) is 24.3 Å². The van der Waals surface area contributed by atoms with Crippen LogP contribution < -0.4 is 16.2 Å². The summed E-state index contributed by atoms with van der Waals surface area (Å²) >= 11 is 0. The second kappa shape index (κ2) is 7.13. The van der Waals surface area contributed by atoms with Gasteiger partial charge in [-0.05, 0) is 29.8 Å². The number of para-hydroxylation sites is 1. The molecule has 0 saturated carbocycles. The van der Waals surface area contributed by atoms with Gasteiger partial charge in [0.15, 0.2) is 0 Å². The zero-order valence-electron chi connectivity index (χ0n) is 11.5. The smallest absolute Gasteiger partial charge is 0.252 e. The average molecular weight is 280 g/mol. The van der Waals surface area contributed by atoms with Crippen molar-refractivity contribution in [3.63, 3.8) is 0 Å². The molecule has 0 aromatic heterocycles. The molecule has 2 aromatic rings. The Labute approximate surface area is 123 Å². The van der Waals surface area contributed by atoms with Gasteiger partial charge in [0.2, 0.25) is 0 Å². The van der Waals surface area contributed by atoms with E-state index >= 15 is 0 Å². The number of carbonyl (C=O) groups is 1. The first-order valence-corrected chi connectivity index (χ1v) is 6.50. The van der Waals surface area contributed by atoms with Crippen LogP contribution in [0.1, 0.15) is 21.5 Å². The van der Waals surface area contributed by atoms with Crippen molar-refractivity contribution in [3.8, 4) is 17.6 Å². The minimum atomic E-state index is -0.502. The standard InChI is InChI=1S/C17H16N2O2/c18-11-3-4-13-7-9-14(10-8-13)12-21-16-6-2-1-5-15(16)17(19)20/h1-2,5-10H,11-12,18H2,(H2,19,20). The summed E-state index contributed by atoms with van der Waals surface area (Å²) < 4.78 is 5.65. The van der Waals surface area contributed by atoms with Crippen LogP contribution in [0.5, 0.6) is 5.75 Å². The van der Waals surface area contributed by atoms with Crippen LogP contribution in [-0.2, 0) is 6.61 Å². The fourth-order valence-electron chi connectivity index (χ4n) is 1.79. The fourth-order valence-corrected chi connectivity index (χ4v) is 1.79. The number of rotatable bonds is 4. The van der Waals surface area contributed by atoms with Crippen LogP contribution in [0, 0.1) is 11.8 Å². The lowest BCUT2D eigenvalue weighted by Crippen LogP contribution is -2.12. The first kappa shape index (κ1) is 14.6. The molecule has 21 heavy (non-hydrogen) atoms. The average Bonchev–Trinajstić information content (AvgIpc) is 2.52. The summed E-state index contributed by atoms with van der Waals surface area (Å²) in [5, 5.41) is 0. The predicted octanol–water partition coefficient (Wildman–Crippen LogP) is 1.67. The molecule has 0 aliphatic carbocycles. The van der Waals surface area contributed by atoms with E-state index in [2.05, 4.69) is 11.8 Å². The Morgan fingerprint density at radius 3 is 2.48 bits per heavy atom. The summed E-state index contributed by atoms with van der Waals surface area (Å²) in [5.41, 5.74) is 12.9. The minimum absolute atomic E-state index is 0.342. The van der Waals surface area contributed by atoms with Crippen molar-refractivity contribution in [2.24, 2.45) is 11.5 Å². The van der Waals surface area contributed by atoms with Gasteiger partial charge in [0.05, 0.1) is 12.1 Å². The lowest BCUT2D eigenvalue weighted by molar-refractivity contribution is 0.0996. The van der Waals surface area contributed by atoms with Crippen LogP contribution in [-0.4, -0.2) is 12.5 Å². The number of nitrogens with two attached hydrogens (primary N) is 2. The Bertz CT molecular complexity index is 682. The molecule has 4 nitrogen and oxygen atoms in total. The number of ether oxygens (including phenoxy) is 1. The third-order valence-corrected chi connectivity index (χ3v) is 2.84. The maximum absolute atomic E-state index is 11.3. The lowest BCUT2D eigenvalue weighted by Gasteiger charge is -2.09. The van der Waals surface area contributed by atoms with E-state index in [0.717, 1.165) is 11.1 Å². The van der Waals surface area contributed by atoms with Crippen LogP contribution in [0.2, 0.25) is 0 Å². The van der Waals surface area contributed by atoms with E-state index in [0.29, 0.717) is 24.5 Å². The van der Waals surface area contributed by atoms with E-state index in [-0.39, 0.29) is 0 Å². The Balaban J connectivity index is 2.05. The van der Waals surface area contributed by atoms with Crippen molar-refractivity contribution in [2.75, 3.05) is 6.54 Å². The Hall–Kier alpha value is -2.77. The second-order valence-electron chi connectivity index (χ2n) is 4.35. The summed E-state index contributed by atoms with van der Waals surface area (Å²) in [5.74, 6) is 5.73. The maximum atomic E-state index is 11.3. The quantitative estimate of drug-likeness (QED) is 0.836. The van der Waals surface area contributed by atoms with Gasteiger partial charge in [0.1, 0.15) is 12.4 Å². The molecule has 0 spiro atoms. The van der Waals surface area contributed by atoms with Gasteiger partial charge < -0.3 is 16.2 Å². The number of primary amides is 1. The summed E-state index contributed by atoms with van der Waals surface area (Å²) in [7, 11) is 0. The molecule has 0 unspecified atom stereocenters. The lowest BCUT2D eigenvalue weighted by atomic mass is 10.1. The van der Waals surface area contributed by atoms with Crippen molar-refractivity contribution < 1.29 is 9.53 Å². The molecule has 1 amide bonds. The molecule has 0 fully saturated rings. The van der Waals surface area contributed by atoms with Crippen molar-refractivity contribution >= 4 is 5.91 Å². The minimum Gasteiger partial charge on any atom is -0.488 e. The van der Waals surface area contributed by atoms with E-state index in [4.69, 9.17) is 16.2 Å². The molecule has 0 aliphatic rings. The molecule has 4 heteroatoms. The summed E-state index contributed by atoms with van der Waals surface area (Å²) in [6, 6.07) is 14.6. The Morgan fingerprint density at radius 1 is 1.10 bits per heavy atom. The van der Waals surface area contributed by atoms with Gasteiger partial charge in [-0.1, -0.05) is 36.1 Å². The molecular formula is C17H16N2O2. The number of carbonyl (C=O) groups excluding carboxylic acids is 1. The third kappa shape index (κ3) is 4.10. The summed E-state index contributed by atoms with van der Waals surface area (Å²) in [6.07, 6.45) is 0. The number of hydrogen-bond donors (Lipinski definition) is 2. The fraction of sp³-hybridized carbons (Fsp3) is 0.118. The molecule has 0 saturated heterocycles. The van der Waals surface area contributed by atoms with Gasteiger partial charge in [-0.25, -0.2) is 0 Å². The molecule has 2 rings (SSSR count).